The van der Waals surface area contributed by atoms with E-state index in [-0.39, 0.29) is 11.9 Å². The van der Waals surface area contributed by atoms with Crippen LogP contribution in [0.5, 0.6) is 0 Å². The first kappa shape index (κ1) is 12.5. The van der Waals surface area contributed by atoms with Crippen LogP contribution in [0.3, 0.4) is 0 Å². The minimum Gasteiger partial charge on any atom is -0.341 e. The Labute approximate surface area is 93.0 Å². The van der Waals surface area contributed by atoms with Gasteiger partial charge in [0.25, 0.3) is 0 Å². The Kier molecular flexibility index (Phi) is 4.58. The molecule has 0 spiro atoms. The fourth-order valence-electron chi connectivity index (χ4n) is 2.20. The van der Waals surface area contributed by atoms with E-state index in [0.29, 0.717) is 0 Å². The zero-order chi connectivity index (χ0) is 11.4. The molecule has 1 fully saturated rings. The highest BCUT2D eigenvalue weighted by Gasteiger charge is 2.26. The van der Waals surface area contributed by atoms with Crippen LogP contribution in [0, 0.1) is 11.8 Å². The first-order valence-electron chi connectivity index (χ1n) is 6.10. The van der Waals surface area contributed by atoms with Crippen LogP contribution >= 0.6 is 0 Å². The molecular weight excluding hydrogens is 188 g/mol. The van der Waals surface area contributed by atoms with Gasteiger partial charge in [-0.1, -0.05) is 20.8 Å². The molecule has 1 heterocycles. The molecule has 0 unspecified atom stereocenters. The predicted molar refractivity (Wildman–Crippen MR) is 62.4 cm³/mol. The molecule has 1 atom stereocenters. The Hall–Kier alpha value is -0.570. The molecular formula is C12H24N2O. The van der Waals surface area contributed by atoms with Crippen LogP contribution in [-0.2, 0) is 4.79 Å². The largest absolute Gasteiger partial charge is 0.341 e. The van der Waals surface area contributed by atoms with Crippen molar-refractivity contribution < 1.29 is 4.79 Å². The van der Waals surface area contributed by atoms with E-state index in [1.807, 2.05) is 11.8 Å². The SMILES string of the molecule is CC[C@H](N)C(=O)N1CCC(C(C)C)CC1. The monoisotopic (exact) mass is 212 g/mol. The van der Waals surface area contributed by atoms with Gasteiger partial charge in [-0.2, -0.15) is 0 Å². The maximum absolute atomic E-state index is 11.8. The Morgan fingerprint density at radius 2 is 1.93 bits per heavy atom. The molecule has 0 aliphatic carbocycles. The molecule has 0 bridgehead atoms. The lowest BCUT2D eigenvalue weighted by atomic mass is 9.86. The lowest BCUT2D eigenvalue weighted by molar-refractivity contribution is -0.134. The number of amides is 1. The fourth-order valence-corrected chi connectivity index (χ4v) is 2.20. The summed E-state index contributed by atoms with van der Waals surface area (Å²) in [6.45, 7) is 8.29. The molecule has 0 aromatic heterocycles. The fraction of sp³-hybridized carbons (Fsp3) is 0.917. The molecule has 3 nitrogen and oxygen atoms in total. The summed E-state index contributed by atoms with van der Waals surface area (Å²) >= 11 is 0. The summed E-state index contributed by atoms with van der Waals surface area (Å²) in [7, 11) is 0. The third kappa shape index (κ3) is 3.20. The van der Waals surface area contributed by atoms with Crippen molar-refractivity contribution in [2.75, 3.05) is 13.1 Å². The normalized spacial score (nSPS) is 20.7. The van der Waals surface area contributed by atoms with Crippen LogP contribution in [0.25, 0.3) is 0 Å². The van der Waals surface area contributed by atoms with Crippen LogP contribution < -0.4 is 5.73 Å². The Morgan fingerprint density at radius 1 is 1.40 bits per heavy atom. The maximum Gasteiger partial charge on any atom is 0.239 e. The average molecular weight is 212 g/mol. The predicted octanol–water partition coefficient (Wildman–Crippen LogP) is 1.62. The number of likely N-dealkylation sites (tertiary alicyclic amines) is 1. The average Bonchev–Trinajstić information content (AvgIpc) is 2.27. The van der Waals surface area contributed by atoms with E-state index >= 15 is 0 Å². The highest BCUT2D eigenvalue weighted by molar-refractivity contribution is 5.81. The third-order valence-corrected chi connectivity index (χ3v) is 3.55. The number of carbonyl (C=O) groups excluding carboxylic acids is 1. The number of hydrogen-bond donors (Lipinski definition) is 1. The van der Waals surface area contributed by atoms with Gasteiger partial charge < -0.3 is 10.6 Å². The number of piperidine rings is 1. The molecule has 1 aliphatic heterocycles. The van der Waals surface area contributed by atoms with E-state index in [1.54, 1.807) is 0 Å². The molecule has 1 rings (SSSR count). The zero-order valence-electron chi connectivity index (χ0n) is 10.2. The molecule has 1 amide bonds. The van der Waals surface area contributed by atoms with Gasteiger partial charge in [-0.05, 0) is 31.1 Å². The molecule has 0 aromatic rings. The van der Waals surface area contributed by atoms with E-state index in [2.05, 4.69) is 13.8 Å². The van der Waals surface area contributed by atoms with E-state index < -0.39 is 0 Å². The lowest BCUT2D eigenvalue weighted by Crippen LogP contribution is -2.47. The molecule has 0 aromatic carbocycles. The smallest absolute Gasteiger partial charge is 0.239 e. The van der Waals surface area contributed by atoms with Crippen molar-refractivity contribution in [2.24, 2.45) is 17.6 Å². The number of hydrogen-bond acceptors (Lipinski definition) is 2. The van der Waals surface area contributed by atoms with Gasteiger partial charge in [0.1, 0.15) is 0 Å². The number of nitrogens with zero attached hydrogens (tertiary/aromatic N) is 1. The minimum atomic E-state index is -0.291. The van der Waals surface area contributed by atoms with Gasteiger partial charge in [-0.3, -0.25) is 4.79 Å². The molecule has 3 heteroatoms. The van der Waals surface area contributed by atoms with Crippen molar-refractivity contribution >= 4 is 5.91 Å². The highest BCUT2D eigenvalue weighted by atomic mass is 16.2. The van der Waals surface area contributed by atoms with Crippen LogP contribution in [0.1, 0.15) is 40.0 Å². The van der Waals surface area contributed by atoms with Gasteiger partial charge in [0, 0.05) is 13.1 Å². The summed E-state index contributed by atoms with van der Waals surface area (Å²) in [6.07, 6.45) is 3.02. The number of carbonyl (C=O) groups is 1. The maximum atomic E-state index is 11.8. The van der Waals surface area contributed by atoms with E-state index in [1.165, 1.54) is 0 Å². The summed E-state index contributed by atoms with van der Waals surface area (Å²) in [4.78, 5) is 13.7. The summed E-state index contributed by atoms with van der Waals surface area (Å²) < 4.78 is 0. The molecule has 1 aliphatic rings. The van der Waals surface area contributed by atoms with Crippen molar-refractivity contribution in [3.8, 4) is 0 Å². The minimum absolute atomic E-state index is 0.139. The van der Waals surface area contributed by atoms with E-state index in [4.69, 9.17) is 5.73 Å². The van der Waals surface area contributed by atoms with Gasteiger partial charge >= 0.3 is 0 Å². The Bertz CT molecular complexity index is 208. The van der Waals surface area contributed by atoms with E-state index in [9.17, 15) is 4.79 Å². The van der Waals surface area contributed by atoms with Gasteiger partial charge in [-0.25, -0.2) is 0 Å². The van der Waals surface area contributed by atoms with Gasteiger partial charge in [0.05, 0.1) is 6.04 Å². The highest BCUT2D eigenvalue weighted by Crippen LogP contribution is 2.24. The summed E-state index contributed by atoms with van der Waals surface area (Å²) in [5, 5.41) is 0. The van der Waals surface area contributed by atoms with Crippen LogP contribution in [0.4, 0.5) is 0 Å². The van der Waals surface area contributed by atoms with Gasteiger partial charge in [0.15, 0.2) is 0 Å². The van der Waals surface area contributed by atoms with Crippen LogP contribution in [-0.4, -0.2) is 29.9 Å². The lowest BCUT2D eigenvalue weighted by Gasteiger charge is -2.35. The quantitative estimate of drug-likeness (QED) is 0.772. The summed E-state index contributed by atoms with van der Waals surface area (Å²) in [5.74, 6) is 1.66. The Morgan fingerprint density at radius 3 is 2.33 bits per heavy atom. The molecule has 1 saturated heterocycles. The summed E-state index contributed by atoms with van der Waals surface area (Å²) in [5.41, 5.74) is 5.75. The van der Waals surface area contributed by atoms with E-state index in [0.717, 1.165) is 44.2 Å². The second-order valence-corrected chi connectivity index (χ2v) is 4.92. The molecule has 2 N–H and O–H groups in total. The van der Waals surface area contributed by atoms with Crippen molar-refractivity contribution in [3.05, 3.63) is 0 Å². The Balaban J connectivity index is 2.40. The number of rotatable bonds is 3. The van der Waals surface area contributed by atoms with Crippen LogP contribution in [0.2, 0.25) is 0 Å². The zero-order valence-corrected chi connectivity index (χ0v) is 10.2. The van der Waals surface area contributed by atoms with Crippen molar-refractivity contribution in [1.29, 1.82) is 0 Å². The molecule has 0 radical (unpaired) electrons. The molecule has 0 saturated carbocycles. The van der Waals surface area contributed by atoms with Crippen LogP contribution in [0.15, 0.2) is 0 Å². The second-order valence-electron chi connectivity index (χ2n) is 4.92. The number of nitrogens with two attached hydrogens (primary N) is 1. The van der Waals surface area contributed by atoms with Gasteiger partial charge in [0.2, 0.25) is 5.91 Å². The first-order chi connectivity index (χ1) is 7.06. The first-order valence-corrected chi connectivity index (χ1v) is 6.10. The third-order valence-electron chi connectivity index (χ3n) is 3.55. The second kappa shape index (κ2) is 5.50. The van der Waals surface area contributed by atoms with Crippen molar-refractivity contribution in [1.82, 2.24) is 4.90 Å². The summed E-state index contributed by atoms with van der Waals surface area (Å²) in [6, 6.07) is -0.291. The van der Waals surface area contributed by atoms with Gasteiger partial charge in [-0.15, -0.1) is 0 Å². The van der Waals surface area contributed by atoms with Crippen molar-refractivity contribution in [2.45, 2.75) is 46.1 Å². The molecule has 15 heavy (non-hydrogen) atoms. The molecule has 88 valence electrons. The topological polar surface area (TPSA) is 46.3 Å². The standard InChI is InChI=1S/C12H24N2O/c1-4-11(13)12(15)14-7-5-10(6-8-14)9(2)3/h9-11H,4-8,13H2,1-3H3/t11-/m0/s1. The van der Waals surface area contributed by atoms with Crippen molar-refractivity contribution in [3.63, 3.8) is 0 Å².